The number of nitrogens with two attached hydrogens (primary N) is 1. The number of amides is 4. The number of urea groups is 1. The Balaban J connectivity index is 1.38. The third-order valence-electron chi connectivity index (χ3n) is 7.03. The van der Waals surface area contributed by atoms with E-state index in [9.17, 15) is 27.6 Å². The van der Waals surface area contributed by atoms with E-state index in [1.807, 2.05) is 14.1 Å². The number of hydrogen-bond donors (Lipinski definition) is 3. The Hall–Kier alpha value is -4.46. The van der Waals surface area contributed by atoms with Gasteiger partial charge in [0.15, 0.2) is 17.3 Å². The molecule has 0 unspecified atom stereocenters. The number of carbonyl (C=O) groups excluding carboxylic acids is 3. The maximum Gasteiger partial charge on any atom is 0.416 e. The average molecular weight is 602 g/mol. The van der Waals surface area contributed by atoms with E-state index >= 15 is 0 Å². The molecular formula is C29H34F3N7O4. The molecule has 1 aliphatic rings. The molecule has 2 aromatic carbocycles. The number of alkyl halides is 3. The van der Waals surface area contributed by atoms with Gasteiger partial charge in [-0.15, -0.1) is 0 Å². The summed E-state index contributed by atoms with van der Waals surface area (Å²) < 4.78 is 47.6. The predicted octanol–water partition coefficient (Wildman–Crippen LogP) is 4.72. The molecule has 0 aliphatic heterocycles. The van der Waals surface area contributed by atoms with Crippen LogP contribution in [0.2, 0.25) is 0 Å². The van der Waals surface area contributed by atoms with Crippen molar-refractivity contribution >= 4 is 35.1 Å². The van der Waals surface area contributed by atoms with Crippen LogP contribution in [-0.2, 0) is 28.6 Å². The van der Waals surface area contributed by atoms with Gasteiger partial charge in [0.1, 0.15) is 0 Å². The van der Waals surface area contributed by atoms with Crippen molar-refractivity contribution in [2.45, 2.75) is 50.7 Å². The first-order chi connectivity index (χ1) is 20.3. The number of hydrogen-bond acceptors (Lipinski definition) is 6. The van der Waals surface area contributed by atoms with Crippen molar-refractivity contribution in [2.24, 2.45) is 11.7 Å². The van der Waals surface area contributed by atoms with Gasteiger partial charge in [0.05, 0.1) is 18.4 Å². The van der Waals surface area contributed by atoms with Crippen LogP contribution in [0.3, 0.4) is 0 Å². The highest BCUT2D eigenvalue weighted by atomic mass is 19.4. The second-order valence-electron chi connectivity index (χ2n) is 11.0. The summed E-state index contributed by atoms with van der Waals surface area (Å²) in [7, 11) is 4.09. The molecule has 4 N–H and O–H groups in total. The second-order valence-corrected chi connectivity index (χ2v) is 11.0. The van der Waals surface area contributed by atoms with Crippen molar-refractivity contribution in [2.75, 3.05) is 31.3 Å². The van der Waals surface area contributed by atoms with Gasteiger partial charge in [-0.3, -0.25) is 14.4 Å². The van der Waals surface area contributed by atoms with Crippen LogP contribution >= 0.6 is 0 Å². The topological polar surface area (TPSA) is 149 Å². The zero-order chi connectivity index (χ0) is 31.1. The van der Waals surface area contributed by atoms with Crippen LogP contribution in [0.25, 0.3) is 5.32 Å². The van der Waals surface area contributed by atoms with Gasteiger partial charge < -0.3 is 31.1 Å². The fourth-order valence-corrected chi connectivity index (χ4v) is 5.21. The molecule has 0 spiro atoms. The maximum atomic E-state index is 13.6. The van der Waals surface area contributed by atoms with Crippen LogP contribution in [0.1, 0.15) is 48.4 Å². The third-order valence-corrected chi connectivity index (χ3v) is 7.03. The van der Waals surface area contributed by atoms with Crippen LogP contribution in [0.4, 0.5) is 35.2 Å². The fraction of sp³-hybridized carbons (Fsp3) is 0.414. The number of benzene rings is 2. The predicted molar refractivity (Wildman–Crippen MR) is 151 cm³/mol. The minimum atomic E-state index is -4.75. The first kappa shape index (κ1) is 31.5. The van der Waals surface area contributed by atoms with Crippen LogP contribution in [0, 0.1) is 5.92 Å². The highest BCUT2D eigenvalue weighted by Crippen LogP contribution is 2.34. The number of nitrogens with zero attached hydrogens (tertiary/aromatic N) is 4. The SMILES string of the molecule is CN(C)CC1CCC([n+]2cc([N-]C(=O)Nc3cc(NC(=O)Cc4cccc(CC(N)=O)c4)cc(C(F)(F)F)c3)on2)CC1. The molecule has 43 heavy (non-hydrogen) atoms. The quantitative estimate of drug-likeness (QED) is 0.287. The summed E-state index contributed by atoms with van der Waals surface area (Å²) >= 11 is 0. The van der Waals surface area contributed by atoms with E-state index in [2.05, 4.69) is 26.1 Å². The summed E-state index contributed by atoms with van der Waals surface area (Å²) in [6.45, 7) is 1.02. The number of primary amides is 1. The van der Waals surface area contributed by atoms with Gasteiger partial charge in [0.25, 0.3) is 0 Å². The van der Waals surface area contributed by atoms with Gasteiger partial charge in [0.2, 0.25) is 23.9 Å². The Morgan fingerprint density at radius 2 is 1.67 bits per heavy atom. The van der Waals surface area contributed by atoms with Crippen LogP contribution in [-0.4, -0.2) is 48.7 Å². The first-order valence-corrected chi connectivity index (χ1v) is 13.8. The Bertz CT molecular complexity index is 1450. The van der Waals surface area contributed by atoms with Gasteiger partial charge in [0, 0.05) is 25.1 Å². The van der Waals surface area contributed by atoms with E-state index in [1.165, 1.54) is 12.3 Å². The lowest BCUT2D eigenvalue weighted by Crippen LogP contribution is -2.43. The number of nitrogens with one attached hydrogen (secondary N) is 2. The lowest BCUT2D eigenvalue weighted by molar-refractivity contribution is -0.787. The van der Waals surface area contributed by atoms with Gasteiger partial charge in [-0.25, -0.2) is 0 Å². The molecule has 1 heterocycles. The number of anilines is 2. The van der Waals surface area contributed by atoms with E-state index in [4.69, 9.17) is 10.3 Å². The number of rotatable bonds is 10. The average Bonchev–Trinajstić information content (AvgIpc) is 3.36. The highest BCUT2D eigenvalue weighted by Gasteiger charge is 2.32. The first-order valence-electron chi connectivity index (χ1n) is 13.8. The van der Waals surface area contributed by atoms with E-state index in [1.54, 1.807) is 28.9 Å². The summed E-state index contributed by atoms with van der Waals surface area (Å²) in [5.41, 5.74) is 4.88. The van der Waals surface area contributed by atoms with Crippen molar-refractivity contribution in [3.63, 3.8) is 0 Å². The smallest absolute Gasteiger partial charge is 0.416 e. The van der Waals surface area contributed by atoms with Crippen molar-refractivity contribution in [3.8, 4) is 0 Å². The van der Waals surface area contributed by atoms with Crippen molar-refractivity contribution in [3.05, 3.63) is 70.7 Å². The lowest BCUT2D eigenvalue weighted by atomic mass is 9.86. The van der Waals surface area contributed by atoms with Crippen molar-refractivity contribution in [1.82, 2.24) is 10.2 Å². The minimum absolute atomic E-state index is 0.0106. The molecule has 1 fully saturated rings. The van der Waals surface area contributed by atoms with Crippen LogP contribution < -0.4 is 21.0 Å². The molecule has 1 aliphatic carbocycles. The van der Waals surface area contributed by atoms with Crippen molar-refractivity contribution in [1.29, 1.82) is 0 Å². The van der Waals surface area contributed by atoms with Crippen LogP contribution in [0.5, 0.6) is 0 Å². The molecule has 0 atom stereocenters. The van der Waals surface area contributed by atoms with Gasteiger partial charge >= 0.3 is 6.18 Å². The third kappa shape index (κ3) is 9.53. The van der Waals surface area contributed by atoms with E-state index in [0.29, 0.717) is 17.0 Å². The van der Waals surface area contributed by atoms with Gasteiger partial charge in [-0.2, -0.15) is 13.2 Å². The zero-order valence-corrected chi connectivity index (χ0v) is 23.9. The molecule has 11 nitrogen and oxygen atoms in total. The summed E-state index contributed by atoms with van der Waals surface area (Å²) in [4.78, 5) is 38.6. The van der Waals surface area contributed by atoms with E-state index < -0.39 is 29.6 Å². The molecule has 1 aromatic heterocycles. The van der Waals surface area contributed by atoms with Gasteiger partial charge in [-0.05, 0) is 67.9 Å². The largest absolute Gasteiger partial charge is 0.424 e. The Morgan fingerprint density at radius 1 is 1.02 bits per heavy atom. The maximum absolute atomic E-state index is 13.6. The molecule has 0 bridgehead atoms. The molecule has 230 valence electrons. The molecule has 14 heteroatoms. The number of carbonyl (C=O) groups is 3. The summed E-state index contributed by atoms with van der Waals surface area (Å²) in [5.74, 6) is -0.616. The minimum Gasteiger partial charge on any atom is -0.424 e. The van der Waals surface area contributed by atoms with E-state index in [0.717, 1.165) is 44.4 Å². The number of halogens is 3. The molecule has 0 radical (unpaired) electrons. The van der Waals surface area contributed by atoms with Crippen LogP contribution in [0.15, 0.2) is 53.2 Å². The zero-order valence-electron chi connectivity index (χ0n) is 23.9. The van der Waals surface area contributed by atoms with Gasteiger partial charge in [-0.1, -0.05) is 28.9 Å². The Morgan fingerprint density at radius 3 is 2.30 bits per heavy atom. The molecule has 4 amide bonds. The molecule has 1 saturated carbocycles. The number of aromatic nitrogens is 2. The summed E-state index contributed by atoms with van der Waals surface area (Å²) in [6.07, 6.45) is 0.441. The Kier molecular flexibility index (Phi) is 10.0. The molecule has 0 saturated heterocycles. The summed E-state index contributed by atoms with van der Waals surface area (Å²) in [6, 6.07) is 8.42. The Labute approximate surface area is 246 Å². The highest BCUT2D eigenvalue weighted by molar-refractivity contribution is 6.04. The standard InChI is InChI=1S/C29H34F3N7O4/c1-38(2)16-18-6-8-24(9-7-18)39-17-27(43-37-39)36-28(42)35-23-14-21(29(30,31)32)13-22(15-23)34-26(41)12-20-5-3-4-19(10-20)11-25(33)40/h3-5,10,13-15,17-18,24H,6-9,11-12,16H2,1-2H3,(H4-,33,34,35,36,37,40,41,42). The fourth-order valence-electron chi connectivity index (χ4n) is 5.21. The van der Waals surface area contributed by atoms with Crippen molar-refractivity contribution < 1.29 is 36.8 Å². The lowest BCUT2D eigenvalue weighted by Gasteiger charge is -2.26. The molecule has 3 aromatic rings. The molecular weight excluding hydrogens is 567 g/mol. The summed E-state index contributed by atoms with van der Waals surface area (Å²) in [5, 5.41) is 12.5. The normalized spacial score (nSPS) is 17.0. The molecule has 4 rings (SSSR count). The second kappa shape index (κ2) is 13.7. The monoisotopic (exact) mass is 601 g/mol. The van der Waals surface area contributed by atoms with E-state index in [-0.39, 0.29) is 36.1 Å².